The molecule has 0 bridgehead atoms. The lowest BCUT2D eigenvalue weighted by molar-refractivity contribution is -0.385. The molecule has 0 aliphatic heterocycles. The minimum absolute atomic E-state index is 0.00385. The lowest BCUT2D eigenvalue weighted by Gasteiger charge is -2.00. The fourth-order valence-corrected chi connectivity index (χ4v) is 3.06. The van der Waals surface area contributed by atoms with Crippen LogP contribution in [0.1, 0.15) is 0 Å². The summed E-state index contributed by atoms with van der Waals surface area (Å²) < 4.78 is 0. The standard InChI is InChI=1S/C11H7ClN2O2S2/c12-8-1-4-10(5-2-8)17-18-11-6-3-9(7-13-11)14(15)16/h1-7H. The average molecular weight is 299 g/mol. The maximum absolute atomic E-state index is 10.5. The first kappa shape index (κ1) is 13.2. The van der Waals surface area contributed by atoms with Crippen molar-refractivity contribution in [2.75, 3.05) is 0 Å². The first-order valence-corrected chi connectivity index (χ1v) is 7.38. The van der Waals surface area contributed by atoms with Crippen molar-refractivity contribution in [1.29, 1.82) is 0 Å². The van der Waals surface area contributed by atoms with Crippen LogP contribution < -0.4 is 0 Å². The molecule has 92 valence electrons. The van der Waals surface area contributed by atoms with Crippen molar-refractivity contribution in [3.8, 4) is 0 Å². The maximum Gasteiger partial charge on any atom is 0.287 e. The normalized spacial score (nSPS) is 10.3. The fourth-order valence-electron chi connectivity index (χ4n) is 1.11. The average Bonchev–Trinajstić information content (AvgIpc) is 2.38. The third-order valence-electron chi connectivity index (χ3n) is 1.97. The summed E-state index contributed by atoms with van der Waals surface area (Å²) in [5.41, 5.74) is -0.00385. The number of halogens is 1. The third-order valence-corrected chi connectivity index (χ3v) is 4.52. The molecule has 0 atom stereocenters. The van der Waals surface area contributed by atoms with Crippen LogP contribution in [-0.2, 0) is 0 Å². The number of nitrogens with zero attached hydrogens (tertiary/aromatic N) is 2. The van der Waals surface area contributed by atoms with Crippen molar-refractivity contribution in [1.82, 2.24) is 4.98 Å². The molecule has 0 saturated heterocycles. The van der Waals surface area contributed by atoms with Gasteiger partial charge in [0.25, 0.3) is 5.69 Å². The zero-order valence-electron chi connectivity index (χ0n) is 8.95. The molecule has 0 spiro atoms. The minimum atomic E-state index is -0.464. The zero-order valence-corrected chi connectivity index (χ0v) is 11.3. The fraction of sp³-hybridized carbons (Fsp3) is 0. The smallest absolute Gasteiger partial charge is 0.258 e. The van der Waals surface area contributed by atoms with E-state index in [0.29, 0.717) is 5.02 Å². The second kappa shape index (κ2) is 6.08. The van der Waals surface area contributed by atoms with Crippen LogP contribution in [0.25, 0.3) is 0 Å². The molecule has 4 nitrogen and oxygen atoms in total. The van der Waals surface area contributed by atoms with Gasteiger partial charge in [-0.1, -0.05) is 22.4 Å². The van der Waals surface area contributed by atoms with Crippen LogP contribution in [0.4, 0.5) is 5.69 Å². The lowest BCUT2D eigenvalue weighted by Crippen LogP contribution is -1.88. The highest BCUT2D eigenvalue weighted by Crippen LogP contribution is 2.36. The second-order valence-corrected chi connectivity index (χ2v) is 5.89. The molecule has 0 N–H and O–H groups in total. The Bertz CT molecular complexity index is 546. The van der Waals surface area contributed by atoms with Crippen molar-refractivity contribution in [2.24, 2.45) is 0 Å². The summed E-state index contributed by atoms with van der Waals surface area (Å²) in [4.78, 5) is 15.1. The molecule has 2 rings (SSSR count). The Morgan fingerprint density at radius 1 is 1.11 bits per heavy atom. The van der Waals surface area contributed by atoms with Crippen LogP contribution >= 0.6 is 33.2 Å². The van der Waals surface area contributed by atoms with Gasteiger partial charge in [0, 0.05) is 16.0 Å². The van der Waals surface area contributed by atoms with Gasteiger partial charge in [-0.3, -0.25) is 10.1 Å². The molecule has 1 aromatic heterocycles. The first-order chi connectivity index (χ1) is 8.65. The zero-order chi connectivity index (χ0) is 13.0. The molecule has 0 aliphatic rings. The molecular formula is C11H7ClN2O2S2. The third kappa shape index (κ3) is 3.63. The molecular weight excluding hydrogens is 292 g/mol. The first-order valence-electron chi connectivity index (χ1n) is 4.86. The van der Waals surface area contributed by atoms with Crippen molar-refractivity contribution in [3.05, 3.63) is 57.7 Å². The topological polar surface area (TPSA) is 56.0 Å². The molecule has 18 heavy (non-hydrogen) atoms. The summed E-state index contributed by atoms with van der Waals surface area (Å²) in [7, 11) is 2.96. The van der Waals surface area contributed by atoms with E-state index in [1.807, 2.05) is 24.3 Å². The Morgan fingerprint density at radius 3 is 2.39 bits per heavy atom. The Morgan fingerprint density at radius 2 is 1.83 bits per heavy atom. The lowest BCUT2D eigenvalue weighted by atomic mass is 10.4. The molecule has 0 unspecified atom stereocenters. The van der Waals surface area contributed by atoms with E-state index in [4.69, 9.17) is 11.6 Å². The number of rotatable bonds is 4. The largest absolute Gasteiger partial charge is 0.287 e. The molecule has 7 heteroatoms. The van der Waals surface area contributed by atoms with E-state index in [0.717, 1.165) is 9.92 Å². The SMILES string of the molecule is O=[N+]([O-])c1ccc(SSc2ccc(Cl)cc2)nc1. The van der Waals surface area contributed by atoms with E-state index >= 15 is 0 Å². The summed E-state index contributed by atoms with van der Waals surface area (Å²) in [6.07, 6.45) is 1.25. The van der Waals surface area contributed by atoms with Gasteiger partial charge in [-0.2, -0.15) is 0 Å². The van der Waals surface area contributed by atoms with Crippen LogP contribution in [0.15, 0.2) is 52.5 Å². The van der Waals surface area contributed by atoms with E-state index in [9.17, 15) is 10.1 Å². The number of hydrogen-bond donors (Lipinski definition) is 0. The Labute approximate surface area is 116 Å². The van der Waals surface area contributed by atoms with Crippen LogP contribution in [0.2, 0.25) is 5.02 Å². The highest BCUT2D eigenvalue weighted by molar-refractivity contribution is 8.76. The molecule has 0 aliphatic carbocycles. The second-order valence-electron chi connectivity index (χ2n) is 3.23. The van der Waals surface area contributed by atoms with Gasteiger partial charge in [0.1, 0.15) is 11.2 Å². The van der Waals surface area contributed by atoms with Gasteiger partial charge < -0.3 is 0 Å². The Kier molecular flexibility index (Phi) is 4.46. The Hall–Kier alpha value is -1.24. The van der Waals surface area contributed by atoms with Crippen molar-refractivity contribution < 1.29 is 4.92 Å². The number of nitro groups is 1. The molecule has 0 saturated carbocycles. The van der Waals surface area contributed by atoms with Crippen LogP contribution in [0.5, 0.6) is 0 Å². The summed E-state index contributed by atoms with van der Waals surface area (Å²) in [6, 6.07) is 10.5. The molecule has 1 heterocycles. The molecule has 0 fully saturated rings. The van der Waals surface area contributed by atoms with E-state index in [-0.39, 0.29) is 5.69 Å². The van der Waals surface area contributed by atoms with E-state index in [1.165, 1.54) is 33.9 Å². The number of benzene rings is 1. The van der Waals surface area contributed by atoms with E-state index in [2.05, 4.69) is 4.98 Å². The van der Waals surface area contributed by atoms with Gasteiger partial charge in [0.05, 0.1) is 4.92 Å². The number of pyridine rings is 1. The highest BCUT2D eigenvalue weighted by atomic mass is 35.5. The predicted octanol–water partition coefficient (Wildman–Crippen LogP) is 4.44. The van der Waals surface area contributed by atoms with E-state index in [1.54, 1.807) is 6.07 Å². The van der Waals surface area contributed by atoms with Crippen molar-refractivity contribution in [3.63, 3.8) is 0 Å². The highest BCUT2D eigenvalue weighted by Gasteiger charge is 2.06. The van der Waals surface area contributed by atoms with Gasteiger partial charge in [-0.05, 0) is 41.1 Å². The quantitative estimate of drug-likeness (QED) is 0.474. The van der Waals surface area contributed by atoms with Gasteiger partial charge in [-0.25, -0.2) is 4.98 Å². The maximum atomic E-state index is 10.5. The van der Waals surface area contributed by atoms with Crippen molar-refractivity contribution in [2.45, 2.75) is 9.92 Å². The van der Waals surface area contributed by atoms with E-state index < -0.39 is 4.92 Å². The molecule has 0 radical (unpaired) electrons. The summed E-state index contributed by atoms with van der Waals surface area (Å²) in [6.45, 7) is 0. The van der Waals surface area contributed by atoms with Gasteiger partial charge in [0.2, 0.25) is 0 Å². The number of aromatic nitrogens is 1. The monoisotopic (exact) mass is 298 g/mol. The minimum Gasteiger partial charge on any atom is -0.258 e. The molecule has 2 aromatic rings. The van der Waals surface area contributed by atoms with Crippen LogP contribution in [0, 0.1) is 10.1 Å². The summed E-state index contributed by atoms with van der Waals surface area (Å²) >= 11 is 5.78. The predicted molar refractivity (Wildman–Crippen MR) is 74.1 cm³/mol. The van der Waals surface area contributed by atoms with Crippen LogP contribution in [-0.4, -0.2) is 9.91 Å². The van der Waals surface area contributed by atoms with Crippen molar-refractivity contribution >= 4 is 38.9 Å². The van der Waals surface area contributed by atoms with Crippen LogP contribution in [0.3, 0.4) is 0 Å². The van der Waals surface area contributed by atoms with Gasteiger partial charge >= 0.3 is 0 Å². The molecule has 0 amide bonds. The summed E-state index contributed by atoms with van der Waals surface area (Å²) in [5.74, 6) is 0. The van der Waals surface area contributed by atoms with Gasteiger partial charge in [-0.15, -0.1) is 0 Å². The van der Waals surface area contributed by atoms with Gasteiger partial charge in [0.15, 0.2) is 0 Å². The summed E-state index contributed by atoms with van der Waals surface area (Å²) in [5, 5.41) is 11.9. The molecule has 1 aromatic carbocycles. The number of hydrogen-bond acceptors (Lipinski definition) is 5. The Balaban J connectivity index is 1.97.